The SMILES string of the molecule is CCCOc1cc2c(cc1C(O)CCc1ccc(OC)c(O)c1)OCS2(=O)=O. The van der Waals surface area contributed by atoms with Gasteiger partial charge in [0, 0.05) is 11.6 Å². The highest BCUT2D eigenvalue weighted by Crippen LogP contribution is 2.40. The Hall–Kier alpha value is -2.45. The minimum atomic E-state index is -3.49. The van der Waals surface area contributed by atoms with E-state index in [1.807, 2.05) is 13.0 Å². The van der Waals surface area contributed by atoms with Crippen molar-refractivity contribution >= 4 is 9.84 Å². The van der Waals surface area contributed by atoms with Crippen molar-refractivity contribution in [2.24, 2.45) is 0 Å². The number of aliphatic hydroxyl groups is 1. The molecular formula is C20H24O7S. The van der Waals surface area contributed by atoms with Crippen molar-refractivity contribution in [1.82, 2.24) is 0 Å². The molecule has 7 nitrogen and oxygen atoms in total. The average Bonchev–Trinajstić information content (AvgIpc) is 2.98. The second-order valence-electron chi connectivity index (χ2n) is 6.62. The number of rotatable bonds is 8. The monoisotopic (exact) mass is 408 g/mol. The largest absolute Gasteiger partial charge is 0.504 e. The van der Waals surface area contributed by atoms with E-state index in [1.165, 1.54) is 13.2 Å². The number of hydrogen-bond acceptors (Lipinski definition) is 7. The van der Waals surface area contributed by atoms with Crippen LogP contribution in [0.1, 0.15) is 37.0 Å². The molecule has 28 heavy (non-hydrogen) atoms. The number of methoxy groups -OCH3 is 1. The first kappa shape index (κ1) is 20.3. The number of fused-ring (bicyclic) bond motifs is 1. The van der Waals surface area contributed by atoms with Crippen LogP contribution in [0.25, 0.3) is 0 Å². The lowest BCUT2D eigenvalue weighted by atomic mass is 10.00. The second kappa shape index (κ2) is 8.28. The zero-order valence-corrected chi connectivity index (χ0v) is 16.7. The van der Waals surface area contributed by atoms with E-state index in [9.17, 15) is 18.6 Å². The molecule has 0 spiro atoms. The number of phenols is 1. The first-order valence-corrected chi connectivity index (χ1v) is 10.7. The van der Waals surface area contributed by atoms with Crippen LogP contribution in [0.2, 0.25) is 0 Å². The van der Waals surface area contributed by atoms with Crippen molar-refractivity contribution in [2.45, 2.75) is 37.2 Å². The van der Waals surface area contributed by atoms with Gasteiger partial charge in [0.1, 0.15) is 16.4 Å². The molecule has 2 aromatic carbocycles. The summed E-state index contributed by atoms with van der Waals surface area (Å²) in [5, 5.41) is 20.6. The topological polar surface area (TPSA) is 102 Å². The van der Waals surface area contributed by atoms with Crippen LogP contribution >= 0.6 is 0 Å². The number of aromatic hydroxyl groups is 1. The fourth-order valence-corrected chi connectivity index (χ4v) is 4.18. The molecule has 0 fully saturated rings. The van der Waals surface area contributed by atoms with E-state index in [-0.39, 0.29) is 16.4 Å². The molecule has 2 aromatic rings. The normalized spacial score (nSPS) is 15.5. The summed E-state index contributed by atoms with van der Waals surface area (Å²) in [5.74, 6) is 0.606. The molecule has 1 aliphatic heterocycles. The number of hydrogen-bond donors (Lipinski definition) is 2. The lowest BCUT2D eigenvalue weighted by Crippen LogP contribution is -2.06. The minimum absolute atomic E-state index is 0.0394. The van der Waals surface area contributed by atoms with Gasteiger partial charge in [0.25, 0.3) is 0 Å². The molecule has 0 radical (unpaired) electrons. The van der Waals surface area contributed by atoms with E-state index >= 15 is 0 Å². The fraction of sp³-hybridized carbons (Fsp3) is 0.400. The molecule has 152 valence electrons. The predicted octanol–water partition coefficient (Wildman–Crippen LogP) is 2.98. The Morgan fingerprint density at radius 3 is 2.68 bits per heavy atom. The van der Waals surface area contributed by atoms with E-state index in [0.29, 0.717) is 36.5 Å². The highest BCUT2D eigenvalue weighted by atomic mass is 32.2. The number of ether oxygens (including phenoxy) is 3. The first-order chi connectivity index (χ1) is 13.4. The number of phenolic OH excluding ortho intramolecular Hbond substituents is 1. The third-order valence-corrected chi connectivity index (χ3v) is 5.97. The van der Waals surface area contributed by atoms with Crippen molar-refractivity contribution in [3.05, 3.63) is 41.5 Å². The summed E-state index contributed by atoms with van der Waals surface area (Å²) in [6.45, 7) is 2.35. The second-order valence-corrected chi connectivity index (χ2v) is 8.53. The summed E-state index contributed by atoms with van der Waals surface area (Å²) < 4.78 is 40.1. The Bertz CT molecular complexity index is 953. The van der Waals surface area contributed by atoms with Crippen LogP contribution in [-0.4, -0.2) is 38.3 Å². The Balaban J connectivity index is 1.82. The quantitative estimate of drug-likeness (QED) is 0.692. The average molecular weight is 408 g/mol. The summed E-state index contributed by atoms with van der Waals surface area (Å²) >= 11 is 0. The van der Waals surface area contributed by atoms with Crippen LogP contribution in [-0.2, 0) is 16.3 Å². The van der Waals surface area contributed by atoms with Crippen LogP contribution in [0.3, 0.4) is 0 Å². The lowest BCUT2D eigenvalue weighted by molar-refractivity contribution is 0.161. The maximum absolute atomic E-state index is 12.1. The van der Waals surface area contributed by atoms with Gasteiger partial charge in [-0.25, -0.2) is 8.42 Å². The Labute approximate surface area is 164 Å². The van der Waals surface area contributed by atoms with E-state index in [4.69, 9.17) is 14.2 Å². The van der Waals surface area contributed by atoms with Gasteiger partial charge in [-0.15, -0.1) is 0 Å². The fourth-order valence-electron chi connectivity index (χ4n) is 3.06. The number of benzene rings is 2. The lowest BCUT2D eigenvalue weighted by Gasteiger charge is -2.17. The Kier molecular flexibility index (Phi) is 6.00. The van der Waals surface area contributed by atoms with Crippen LogP contribution in [0.5, 0.6) is 23.0 Å². The van der Waals surface area contributed by atoms with Gasteiger partial charge in [0.05, 0.1) is 19.8 Å². The minimum Gasteiger partial charge on any atom is -0.504 e. The maximum Gasteiger partial charge on any atom is 0.217 e. The number of aryl methyl sites for hydroxylation is 1. The van der Waals surface area contributed by atoms with Crippen molar-refractivity contribution in [3.63, 3.8) is 0 Å². The van der Waals surface area contributed by atoms with Crippen molar-refractivity contribution in [3.8, 4) is 23.0 Å². The van der Waals surface area contributed by atoms with Crippen LogP contribution in [0, 0.1) is 0 Å². The van der Waals surface area contributed by atoms with Crippen LogP contribution in [0.15, 0.2) is 35.2 Å². The zero-order valence-electron chi connectivity index (χ0n) is 15.8. The molecule has 0 aliphatic carbocycles. The molecule has 0 amide bonds. The van der Waals surface area contributed by atoms with Gasteiger partial charge in [-0.1, -0.05) is 13.0 Å². The third-order valence-electron chi connectivity index (χ3n) is 4.55. The van der Waals surface area contributed by atoms with E-state index in [1.54, 1.807) is 18.2 Å². The van der Waals surface area contributed by atoms with Gasteiger partial charge in [-0.05, 0) is 43.0 Å². The number of aliphatic hydroxyl groups excluding tert-OH is 1. The highest BCUT2D eigenvalue weighted by Gasteiger charge is 2.31. The summed E-state index contributed by atoms with van der Waals surface area (Å²) in [5.41, 5.74) is 1.33. The summed E-state index contributed by atoms with van der Waals surface area (Å²) in [4.78, 5) is 0.0922. The maximum atomic E-state index is 12.1. The zero-order chi connectivity index (χ0) is 20.3. The Morgan fingerprint density at radius 1 is 1.21 bits per heavy atom. The molecular weight excluding hydrogens is 384 g/mol. The van der Waals surface area contributed by atoms with Crippen molar-refractivity contribution in [2.75, 3.05) is 19.7 Å². The van der Waals surface area contributed by atoms with Crippen LogP contribution < -0.4 is 14.2 Å². The van der Waals surface area contributed by atoms with Gasteiger partial charge in [-0.2, -0.15) is 0 Å². The van der Waals surface area contributed by atoms with Crippen molar-refractivity contribution in [1.29, 1.82) is 0 Å². The van der Waals surface area contributed by atoms with Gasteiger partial charge >= 0.3 is 0 Å². The van der Waals surface area contributed by atoms with E-state index < -0.39 is 21.9 Å². The molecule has 0 bridgehead atoms. The molecule has 2 N–H and O–H groups in total. The van der Waals surface area contributed by atoms with E-state index in [0.717, 1.165) is 12.0 Å². The molecule has 3 rings (SSSR count). The molecule has 8 heteroatoms. The highest BCUT2D eigenvalue weighted by molar-refractivity contribution is 7.91. The molecule has 1 aliphatic rings. The summed E-state index contributed by atoms with van der Waals surface area (Å²) in [7, 11) is -2.01. The Morgan fingerprint density at radius 2 is 2.00 bits per heavy atom. The van der Waals surface area contributed by atoms with Crippen LogP contribution in [0.4, 0.5) is 0 Å². The summed E-state index contributed by atoms with van der Waals surface area (Å²) in [6.07, 6.45) is 0.733. The van der Waals surface area contributed by atoms with Crippen molar-refractivity contribution < 1.29 is 32.8 Å². The predicted molar refractivity (Wildman–Crippen MR) is 103 cm³/mol. The molecule has 0 saturated carbocycles. The first-order valence-electron chi connectivity index (χ1n) is 9.06. The van der Waals surface area contributed by atoms with Gasteiger partial charge < -0.3 is 24.4 Å². The molecule has 0 saturated heterocycles. The van der Waals surface area contributed by atoms with Gasteiger partial charge in [-0.3, -0.25) is 0 Å². The third kappa shape index (κ3) is 4.18. The standard InChI is InChI=1S/C20H24O7S/c1-3-8-26-18-11-20-19(27-12-28(20,23)24)10-14(18)15(21)6-4-13-5-7-17(25-2)16(22)9-13/h5,7,9-11,15,21-22H,3-4,6,8,12H2,1-2H3. The molecule has 1 unspecified atom stereocenters. The molecule has 0 aromatic heterocycles. The summed E-state index contributed by atoms with van der Waals surface area (Å²) in [6, 6.07) is 8.06. The van der Waals surface area contributed by atoms with E-state index in [2.05, 4.69) is 0 Å². The molecule has 1 heterocycles. The smallest absolute Gasteiger partial charge is 0.217 e. The van der Waals surface area contributed by atoms with Gasteiger partial charge in [0.15, 0.2) is 17.4 Å². The molecule has 1 atom stereocenters. The number of sulfone groups is 1. The van der Waals surface area contributed by atoms with Gasteiger partial charge in [0.2, 0.25) is 9.84 Å².